The number of rotatable bonds is 3. The first kappa shape index (κ1) is 14.7. The summed E-state index contributed by atoms with van der Waals surface area (Å²) in [6.07, 6.45) is 0. The molecule has 1 aromatic carbocycles. The monoisotopic (exact) mass is 274 g/mol. The van der Waals surface area contributed by atoms with Gasteiger partial charge in [0.15, 0.2) is 8.32 Å². The highest BCUT2D eigenvalue weighted by molar-refractivity contribution is 6.74. The lowest BCUT2D eigenvalue weighted by Gasteiger charge is -2.36. The summed E-state index contributed by atoms with van der Waals surface area (Å²) >= 11 is 5.71. The number of halogens is 2. The molecule has 0 N–H and O–H groups in total. The summed E-state index contributed by atoms with van der Waals surface area (Å²) in [4.78, 5) is 0. The van der Waals surface area contributed by atoms with Crippen LogP contribution in [-0.4, -0.2) is 8.32 Å². The molecule has 96 valence electrons. The molecule has 1 nitrogen and oxygen atoms in total. The average molecular weight is 275 g/mol. The van der Waals surface area contributed by atoms with Crippen LogP contribution < -0.4 is 0 Å². The van der Waals surface area contributed by atoms with Crippen molar-refractivity contribution in [2.75, 3.05) is 0 Å². The standard InChI is InChI=1S/C13H20ClFOSi/c1-13(2,3)17(4,5)16-9-10-6-7-11(14)8-12(10)15/h6-8H,9H2,1-5H3. The summed E-state index contributed by atoms with van der Waals surface area (Å²) in [5.41, 5.74) is 0.569. The number of hydrogen-bond acceptors (Lipinski definition) is 1. The molecule has 0 aromatic heterocycles. The molecule has 0 atom stereocenters. The SMILES string of the molecule is CC(C)(C)[Si](C)(C)OCc1ccc(Cl)cc1F. The third kappa shape index (κ3) is 3.80. The molecule has 4 heteroatoms. The molecule has 0 saturated carbocycles. The van der Waals surface area contributed by atoms with Crippen molar-refractivity contribution in [2.24, 2.45) is 0 Å². The van der Waals surface area contributed by atoms with Crippen LogP contribution >= 0.6 is 11.6 Å². The summed E-state index contributed by atoms with van der Waals surface area (Å²) in [6.45, 7) is 11.1. The number of benzene rings is 1. The van der Waals surface area contributed by atoms with Crippen LogP contribution in [-0.2, 0) is 11.0 Å². The molecule has 0 saturated heterocycles. The van der Waals surface area contributed by atoms with Gasteiger partial charge in [-0.05, 0) is 30.3 Å². The van der Waals surface area contributed by atoms with Gasteiger partial charge in [-0.1, -0.05) is 38.4 Å². The molecule has 1 aromatic rings. The molecular weight excluding hydrogens is 255 g/mol. The maximum absolute atomic E-state index is 13.6. The van der Waals surface area contributed by atoms with Gasteiger partial charge in [0.2, 0.25) is 0 Å². The van der Waals surface area contributed by atoms with Gasteiger partial charge in [-0.3, -0.25) is 0 Å². The van der Waals surface area contributed by atoms with Crippen LogP contribution in [0.1, 0.15) is 26.3 Å². The maximum Gasteiger partial charge on any atom is 0.192 e. The van der Waals surface area contributed by atoms with E-state index in [9.17, 15) is 4.39 Å². The van der Waals surface area contributed by atoms with Crippen molar-refractivity contribution in [3.05, 3.63) is 34.6 Å². The maximum atomic E-state index is 13.6. The van der Waals surface area contributed by atoms with E-state index in [2.05, 4.69) is 33.9 Å². The predicted molar refractivity (Wildman–Crippen MR) is 73.4 cm³/mol. The largest absolute Gasteiger partial charge is 0.412 e. The third-order valence-corrected chi connectivity index (χ3v) is 8.12. The topological polar surface area (TPSA) is 9.23 Å². The Labute approximate surface area is 109 Å². The van der Waals surface area contributed by atoms with Crippen molar-refractivity contribution in [1.82, 2.24) is 0 Å². The van der Waals surface area contributed by atoms with Crippen molar-refractivity contribution in [2.45, 2.75) is 45.5 Å². The molecule has 0 spiro atoms. The highest BCUT2D eigenvalue weighted by Crippen LogP contribution is 2.37. The van der Waals surface area contributed by atoms with Gasteiger partial charge >= 0.3 is 0 Å². The Kier molecular flexibility index (Phi) is 4.39. The first-order valence-electron chi connectivity index (χ1n) is 5.71. The fourth-order valence-corrected chi connectivity index (χ4v) is 2.22. The quantitative estimate of drug-likeness (QED) is 0.705. The second-order valence-electron chi connectivity index (χ2n) is 5.78. The highest BCUT2D eigenvalue weighted by atomic mass is 35.5. The average Bonchev–Trinajstić information content (AvgIpc) is 2.14. The van der Waals surface area contributed by atoms with Gasteiger partial charge in [0.05, 0.1) is 6.61 Å². The van der Waals surface area contributed by atoms with Gasteiger partial charge in [0, 0.05) is 10.6 Å². The van der Waals surface area contributed by atoms with E-state index in [4.69, 9.17) is 16.0 Å². The van der Waals surface area contributed by atoms with Crippen molar-refractivity contribution in [1.29, 1.82) is 0 Å². The molecule has 0 heterocycles. The first-order chi connectivity index (χ1) is 7.63. The van der Waals surface area contributed by atoms with Gasteiger partial charge in [-0.25, -0.2) is 4.39 Å². The molecule has 0 amide bonds. The van der Waals surface area contributed by atoms with Crippen LogP contribution in [0.15, 0.2) is 18.2 Å². The lowest BCUT2D eigenvalue weighted by atomic mass is 10.2. The molecule has 0 fully saturated rings. The van der Waals surface area contributed by atoms with Crippen molar-refractivity contribution in [3.63, 3.8) is 0 Å². The van der Waals surface area contributed by atoms with Crippen molar-refractivity contribution >= 4 is 19.9 Å². The Morgan fingerprint density at radius 3 is 2.35 bits per heavy atom. The van der Waals surface area contributed by atoms with Gasteiger partial charge in [0.25, 0.3) is 0 Å². The van der Waals surface area contributed by atoms with Gasteiger partial charge in [0.1, 0.15) is 5.82 Å². The molecule has 17 heavy (non-hydrogen) atoms. The van der Waals surface area contributed by atoms with Crippen LogP contribution in [0.25, 0.3) is 0 Å². The Bertz CT molecular complexity index is 399. The molecular formula is C13H20ClFOSi. The molecule has 1 rings (SSSR count). The van der Waals surface area contributed by atoms with E-state index in [-0.39, 0.29) is 10.9 Å². The summed E-state index contributed by atoms with van der Waals surface area (Å²) < 4.78 is 19.5. The van der Waals surface area contributed by atoms with E-state index >= 15 is 0 Å². The summed E-state index contributed by atoms with van der Waals surface area (Å²) in [7, 11) is -1.82. The summed E-state index contributed by atoms with van der Waals surface area (Å²) in [5.74, 6) is -0.295. The fraction of sp³-hybridized carbons (Fsp3) is 0.538. The Hall–Kier alpha value is -0.383. The molecule has 0 aliphatic heterocycles. The zero-order valence-electron chi connectivity index (χ0n) is 11.1. The van der Waals surface area contributed by atoms with E-state index in [1.54, 1.807) is 12.1 Å². The van der Waals surface area contributed by atoms with Gasteiger partial charge in [-0.15, -0.1) is 0 Å². The van der Waals surface area contributed by atoms with Crippen LogP contribution in [0.2, 0.25) is 23.2 Å². The number of hydrogen-bond donors (Lipinski definition) is 0. The zero-order chi connectivity index (χ0) is 13.3. The molecule has 0 aliphatic rings. The van der Waals surface area contributed by atoms with Crippen molar-refractivity contribution < 1.29 is 8.82 Å². The van der Waals surface area contributed by atoms with E-state index in [0.29, 0.717) is 17.2 Å². The zero-order valence-corrected chi connectivity index (χ0v) is 12.9. The minimum absolute atomic E-state index is 0.135. The van der Waals surface area contributed by atoms with Crippen LogP contribution in [0.4, 0.5) is 4.39 Å². The smallest absolute Gasteiger partial charge is 0.192 e. The Morgan fingerprint density at radius 1 is 1.29 bits per heavy atom. The fourth-order valence-electron chi connectivity index (χ4n) is 1.11. The summed E-state index contributed by atoms with van der Waals surface area (Å²) in [6, 6.07) is 4.70. The normalized spacial score (nSPS) is 12.9. The van der Waals surface area contributed by atoms with Gasteiger partial charge in [-0.2, -0.15) is 0 Å². The van der Waals surface area contributed by atoms with Crippen LogP contribution in [0.3, 0.4) is 0 Å². The highest BCUT2D eigenvalue weighted by Gasteiger charge is 2.37. The minimum Gasteiger partial charge on any atom is -0.412 e. The third-order valence-electron chi connectivity index (χ3n) is 3.41. The van der Waals surface area contributed by atoms with Crippen LogP contribution in [0.5, 0.6) is 0 Å². The van der Waals surface area contributed by atoms with E-state index in [1.807, 2.05) is 0 Å². The molecule has 0 aliphatic carbocycles. The second kappa shape index (κ2) is 5.08. The molecule has 0 bridgehead atoms. The van der Waals surface area contributed by atoms with E-state index in [1.165, 1.54) is 6.07 Å². The van der Waals surface area contributed by atoms with Gasteiger partial charge < -0.3 is 4.43 Å². The Balaban J connectivity index is 2.74. The van der Waals surface area contributed by atoms with E-state index in [0.717, 1.165) is 0 Å². The first-order valence-corrected chi connectivity index (χ1v) is 9.00. The molecule has 0 unspecified atom stereocenters. The molecule has 0 radical (unpaired) electrons. The summed E-state index contributed by atoms with van der Waals surface area (Å²) in [5, 5.41) is 0.550. The Morgan fingerprint density at radius 2 is 1.88 bits per heavy atom. The lowest BCUT2D eigenvalue weighted by molar-refractivity contribution is 0.271. The predicted octanol–water partition coefficient (Wildman–Crippen LogP) is 5.00. The van der Waals surface area contributed by atoms with Crippen LogP contribution in [0, 0.1) is 5.82 Å². The second-order valence-corrected chi connectivity index (χ2v) is 11.0. The lowest BCUT2D eigenvalue weighted by Crippen LogP contribution is -2.40. The van der Waals surface area contributed by atoms with Crippen molar-refractivity contribution in [3.8, 4) is 0 Å². The minimum atomic E-state index is -1.82. The van der Waals surface area contributed by atoms with E-state index < -0.39 is 8.32 Å².